The second-order valence-electron chi connectivity index (χ2n) is 3.42. The Bertz CT molecular complexity index is 210. The summed E-state index contributed by atoms with van der Waals surface area (Å²) in [5.74, 6) is 0.213. The highest BCUT2D eigenvalue weighted by Gasteiger charge is 2.08. The van der Waals surface area contributed by atoms with Gasteiger partial charge >= 0.3 is 0 Å². The maximum Gasteiger partial charge on any atom is 0.232 e. The van der Waals surface area contributed by atoms with Gasteiger partial charge in [0.05, 0.1) is 0 Å². The first kappa shape index (κ1) is 14.5. The molecule has 0 aromatic rings. The molecule has 6 heteroatoms. The Kier molecular flexibility index (Phi) is 8.55. The van der Waals surface area contributed by atoms with Gasteiger partial charge in [0, 0.05) is 42.9 Å². The lowest BCUT2D eigenvalue weighted by molar-refractivity contribution is -0.118. The fraction of sp³-hybridized carbons (Fsp3) is 0.889. The van der Waals surface area contributed by atoms with Crippen LogP contribution in [-0.4, -0.2) is 47.9 Å². The summed E-state index contributed by atoms with van der Waals surface area (Å²) in [5.41, 5.74) is 5.47. The second kappa shape index (κ2) is 8.82. The van der Waals surface area contributed by atoms with E-state index < -0.39 is 10.8 Å². The van der Waals surface area contributed by atoms with Gasteiger partial charge in [-0.3, -0.25) is 9.00 Å². The van der Waals surface area contributed by atoms with Crippen LogP contribution in [-0.2, 0) is 20.3 Å². The number of nitrogens with one attached hydrogen (secondary N) is 1. The van der Waals surface area contributed by atoms with Crippen molar-refractivity contribution in [2.75, 3.05) is 31.8 Å². The third-order valence-corrected chi connectivity index (χ3v) is 3.07. The smallest absolute Gasteiger partial charge is 0.232 e. The van der Waals surface area contributed by atoms with E-state index >= 15 is 0 Å². The zero-order valence-corrected chi connectivity index (χ0v) is 10.1. The summed E-state index contributed by atoms with van der Waals surface area (Å²) in [4.78, 5) is 11.2. The van der Waals surface area contributed by atoms with E-state index in [0.717, 1.165) is 6.42 Å². The Morgan fingerprint density at radius 2 is 2.27 bits per heavy atom. The molecule has 2 atom stereocenters. The molecule has 0 saturated heterocycles. The second-order valence-corrected chi connectivity index (χ2v) is 4.93. The number of carbonyl (C=O) groups is 1. The molecule has 1 amide bonds. The highest BCUT2D eigenvalue weighted by molar-refractivity contribution is 7.85. The fourth-order valence-electron chi connectivity index (χ4n) is 0.994. The molecule has 15 heavy (non-hydrogen) atoms. The predicted molar refractivity (Wildman–Crippen MR) is 61.0 cm³/mol. The number of nitrogens with two attached hydrogens (primary N) is 1. The normalized spacial score (nSPS) is 14.6. The number of amides is 1. The van der Waals surface area contributed by atoms with Crippen molar-refractivity contribution >= 4 is 16.7 Å². The van der Waals surface area contributed by atoms with Crippen molar-refractivity contribution < 1.29 is 13.7 Å². The van der Waals surface area contributed by atoms with E-state index in [9.17, 15) is 9.00 Å². The Morgan fingerprint density at radius 1 is 1.60 bits per heavy atom. The van der Waals surface area contributed by atoms with Crippen molar-refractivity contribution in [2.24, 2.45) is 5.73 Å². The van der Waals surface area contributed by atoms with Gasteiger partial charge in [-0.2, -0.15) is 0 Å². The lowest BCUT2D eigenvalue weighted by atomic mass is 10.4. The average molecular weight is 236 g/mol. The molecule has 0 aromatic heterocycles. The molecule has 0 aliphatic rings. The molecule has 0 saturated carbocycles. The van der Waals surface area contributed by atoms with Crippen LogP contribution in [0.15, 0.2) is 0 Å². The zero-order valence-electron chi connectivity index (χ0n) is 9.32. The van der Waals surface area contributed by atoms with Crippen molar-refractivity contribution in [1.29, 1.82) is 0 Å². The maximum atomic E-state index is 11.3. The summed E-state index contributed by atoms with van der Waals surface area (Å²) in [6, 6.07) is -0.132. The molecule has 0 bridgehead atoms. The molecule has 0 spiro atoms. The quantitative estimate of drug-likeness (QED) is 0.543. The summed E-state index contributed by atoms with van der Waals surface area (Å²) in [5, 5.41) is 2.67. The summed E-state index contributed by atoms with van der Waals surface area (Å²) in [6.07, 6.45) is 0.766. The molecular weight excluding hydrogens is 216 g/mol. The first-order chi connectivity index (χ1) is 7.06. The predicted octanol–water partition coefficient (Wildman–Crippen LogP) is -0.765. The van der Waals surface area contributed by atoms with Gasteiger partial charge in [0.25, 0.3) is 0 Å². The van der Waals surface area contributed by atoms with Gasteiger partial charge in [-0.05, 0) is 13.3 Å². The van der Waals surface area contributed by atoms with Crippen molar-refractivity contribution in [3.63, 3.8) is 0 Å². The van der Waals surface area contributed by atoms with Gasteiger partial charge in [-0.1, -0.05) is 0 Å². The van der Waals surface area contributed by atoms with E-state index in [2.05, 4.69) is 5.32 Å². The van der Waals surface area contributed by atoms with Crippen LogP contribution >= 0.6 is 0 Å². The van der Waals surface area contributed by atoms with E-state index in [1.807, 2.05) is 0 Å². The van der Waals surface area contributed by atoms with E-state index in [-0.39, 0.29) is 17.7 Å². The first-order valence-corrected chi connectivity index (χ1v) is 6.41. The molecule has 0 radical (unpaired) electrons. The molecule has 0 rings (SSSR count). The average Bonchev–Trinajstić information content (AvgIpc) is 2.10. The van der Waals surface area contributed by atoms with Gasteiger partial charge in [-0.15, -0.1) is 0 Å². The summed E-state index contributed by atoms with van der Waals surface area (Å²) in [7, 11) is 0.455. The Hall–Kier alpha value is -0.460. The number of methoxy groups -OCH3 is 1. The number of hydrogen-bond acceptors (Lipinski definition) is 4. The van der Waals surface area contributed by atoms with Gasteiger partial charge in [0.2, 0.25) is 5.91 Å². The van der Waals surface area contributed by atoms with Crippen LogP contribution in [0.3, 0.4) is 0 Å². The summed E-state index contributed by atoms with van der Waals surface area (Å²) >= 11 is 0. The number of ether oxygens (including phenoxy) is 1. The van der Waals surface area contributed by atoms with E-state index in [1.165, 1.54) is 0 Å². The van der Waals surface area contributed by atoms with Crippen LogP contribution in [0.5, 0.6) is 0 Å². The van der Waals surface area contributed by atoms with Gasteiger partial charge in [-0.25, -0.2) is 0 Å². The van der Waals surface area contributed by atoms with Crippen LogP contribution in [0.1, 0.15) is 13.3 Å². The minimum atomic E-state index is -1.16. The van der Waals surface area contributed by atoms with Gasteiger partial charge in [0.15, 0.2) is 0 Å². The molecule has 0 aliphatic heterocycles. The van der Waals surface area contributed by atoms with E-state index in [4.69, 9.17) is 10.5 Å². The molecule has 0 aliphatic carbocycles. The molecule has 3 N–H and O–H groups in total. The van der Waals surface area contributed by atoms with Crippen LogP contribution in [0.25, 0.3) is 0 Å². The summed E-state index contributed by atoms with van der Waals surface area (Å²) < 4.78 is 16.1. The van der Waals surface area contributed by atoms with Crippen LogP contribution in [0.4, 0.5) is 0 Å². The SMILES string of the molecule is COCCCNC(=O)CS(=O)CC(C)N. The maximum absolute atomic E-state index is 11.3. The van der Waals surface area contributed by atoms with Crippen LogP contribution in [0, 0.1) is 0 Å². The molecule has 2 unspecified atom stereocenters. The van der Waals surface area contributed by atoms with Crippen molar-refractivity contribution in [3.05, 3.63) is 0 Å². The van der Waals surface area contributed by atoms with E-state index in [0.29, 0.717) is 18.9 Å². The number of carbonyl (C=O) groups excluding carboxylic acids is 1. The Morgan fingerprint density at radius 3 is 2.80 bits per heavy atom. The van der Waals surface area contributed by atoms with Crippen LogP contribution < -0.4 is 11.1 Å². The highest BCUT2D eigenvalue weighted by atomic mass is 32.2. The largest absolute Gasteiger partial charge is 0.385 e. The molecular formula is C9H20N2O3S. The fourth-order valence-corrected chi connectivity index (χ4v) is 2.09. The van der Waals surface area contributed by atoms with Crippen molar-refractivity contribution in [3.8, 4) is 0 Å². The summed E-state index contributed by atoms with van der Waals surface area (Å²) in [6.45, 7) is 2.94. The first-order valence-electron chi connectivity index (χ1n) is 4.92. The Labute approximate surface area is 93.2 Å². The molecule has 0 aromatic carbocycles. The highest BCUT2D eigenvalue weighted by Crippen LogP contribution is 1.87. The number of hydrogen-bond donors (Lipinski definition) is 2. The standard InChI is InChI=1S/C9H20N2O3S/c1-8(10)6-15(13)7-9(12)11-4-3-5-14-2/h8H,3-7,10H2,1-2H3,(H,11,12). The van der Waals surface area contributed by atoms with Crippen molar-refractivity contribution in [1.82, 2.24) is 5.32 Å². The lowest BCUT2D eigenvalue weighted by Crippen LogP contribution is -2.33. The topological polar surface area (TPSA) is 81.4 Å². The third-order valence-electron chi connectivity index (χ3n) is 1.59. The van der Waals surface area contributed by atoms with Gasteiger partial charge in [0.1, 0.15) is 5.75 Å². The van der Waals surface area contributed by atoms with Crippen molar-refractivity contribution in [2.45, 2.75) is 19.4 Å². The molecule has 0 heterocycles. The molecule has 5 nitrogen and oxygen atoms in total. The van der Waals surface area contributed by atoms with E-state index in [1.54, 1.807) is 14.0 Å². The van der Waals surface area contributed by atoms with Gasteiger partial charge < -0.3 is 15.8 Å². The van der Waals surface area contributed by atoms with Crippen LogP contribution in [0.2, 0.25) is 0 Å². The minimum absolute atomic E-state index is 0.0362. The number of rotatable bonds is 8. The third kappa shape index (κ3) is 9.84. The minimum Gasteiger partial charge on any atom is -0.385 e. The monoisotopic (exact) mass is 236 g/mol. The Balaban J connectivity index is 3.51. The molecule has 0 fully saturated rings. The molecule has 90 valence electrons. The zero-order chi connectivity index (χ0) is 11.7. The lowest BCUT2D eigenvalue weighted by Gasteiger charge is -2.06.